The summed E-state index contributed by atoms with van der Waals surface area (Å²) in [5, 5.41) is 15.6. The second-order valence-corrected chi connectivity index (χ2v) is 7.85. The predicted molar refractivity (Wildman–Crippen MR) is 101 cm³/mol. The molecule has 0 aliphatic carbocycles. The van der Waals surface area contributed by atoms with E-state index in [1.54, 1.807) is 23.6 Å². The minimum atomic E-state index is -0.410. The summed E-state index contributed by atoms with van der Waals surface area (Å²) in [6, 6.07) is 5.89. The monoisotopic (exact) mass is 359 g/mol. The highest BCUT2D eigenvalue weighted by molar-refractivity contribution is 7.10. The molecule has 0 bridgehead atoms. The lowest BCUT2D eigenvalue weighted by molar-refractivity contribution is 0.0938. The van der Waals surface area contributed by atoms with Crippen LogP contribution in [0, 0.1) is 6.92 Å². The standard InChI is InChI=1S/C19H25N3O2S/c1-12(2)21-19(24)16-10-14(4-7-20-16)22-8-5-15(17(23)11-22)18-13(3)6-9-25-18/h4,6-7,9-10,12,15,17,23H,5,8,11H2,1-3H3,(H,21,24)/t15-,17-/m1/s1. The average molecular weight is 359 g/mol. The Morgan fingerprint density at radius 3 is 2.88 bits per heavy atom. The molecule has 0 spiro atoms. The number of hydrogen-bond donors (Lipinski definition) is 2. The first-order valence-corrected chi connectivity index (χ1v) is 9.57. The van der Waals surface area contributed by atoms with Gasteiger partial charge in [-0.15, -0.1) is 11.3 Å². The van der Waals surface area contributed by atoms with Crippen LogP contribution >= 0.6 is 11.3 Å². The van der Waals surface area contributed by atoms with Crippen LogP contribution in [0.2, 0.25) is 0 Å². The Balaban J connectivity index is 1.72. The molecule has 1 aliphatic heterocycles. The Hall–Kier alpha value is -1.92. The number of anilines is 1. The van der Waals surface area contributed by atoms with Crippen molar-refractivity contribution in [3.05, 3.63) is 45.9 Å². The predicted octanol–water partition coefficient (Wildman–Crippen LogP) is 2.94. The van der Waals surface area contributed by atoms with E-state index in [0.29, 0.717) is 12.2 Å². The topological polar surface area (TPSA) is 65.5 Å². The molecule has 1 saturated heterocycles. The number of piperidine rings is 1. The van der Waals surface area contributed by atoms with E-state index in [0.717, 1.165) is 18.7 Å². The molecular formula is C19H25N3O2S. The van der Waals surface area contributed by atoms with Gasteiger partial charge in [0, 0.05) is 41.8 Å². The molecule has 2 atom stereocenters. The van der Waals surface area contributed by atoms with Crippen LogP contribution in [-0.2, 0) is 0 Å². The van der Waals surface area contributed by atoms with E-state index in [2.05, 4.69) is 33.6 Å². The first kappa shape index (κ1) is 17.9. The number of β-amino-alcohol motifs (C(OH)–C–C–N with tert-alkyl or cyclic N) is 1. The van der Waals surface area contributed by atoms with Gasteiger partial charge >= 0.3 is 0 Å². The molecule has 2 aromatic heterocycles. The average Bonchev–Trinajstić information content (AvgIpc) is 3.00. The molecule has 25 heavy (non-hydrogen) atoms. The zero-order chi connectivity index (χ0) is 18.0. The number of hydrogen-bond acceptors (Lipinski definition) is 5. The van der Waals surface area contributed by atoms with Gasteiger partial charge in [-0.2, -0.15) is 0 Å². The van der Waals surface area contributed by atoms with Gasteiger partial charge < -0.3 is 15.3 Å². The Morgan fingerprint density at radius 1 is 1.44 bits per heavy atom. The number of aliphatic hydroxyl groups excluding tert-OH is 1. The molecule has 0 aromatic carbocycles. The van der Waals surface area contributed by atoms with Crippen LogP contribution in [0.3, 0.4) is 0 Å². The third-order valence-corrected chi connectivity index (χ3v) is 5.73. The number of nitrogens with zero attached hydrogens (tertiary/aromatic N) is 2. The van der Waals surface area contributed by atoms with Gasteiger partial charge in [0.1, 0.15) is 5.69 Å². The minimum Gasteiger partial charge on any atom is -0.391 e. The van der Waals surface area contributed by atoms with Gasteiger partial charge in [0.05, 0.1) is 6.10 Å². The van der Waals surface area contributed by atoms with Crippen LogP contribution in [-0.4, -0.2) is 41.2 Å². The lowest BCUT2D eigenvalue weighted by Crippen LogP contribution is -2.43. The molecule has 6 heteroatoms. The third-order valence-electron chi connectivity index (χ3n) is 4.58. The maximum absolute atomic E-state index is 12.2. The van der Waals surface area contributed by atoms with Gasteiger partial charge in [-0.25, -0.2) is 0 Å². The van der Waals surface area contributed by atoms with Gasteiger partial charge in [-0.05, 0) is 56.3 Å². The number of nitrogens with one attached hydrogen (secondary N) is 1. The number of pyridine rings is 1. The van der Waals surface area contributed by atoms with E-state index in [-0.39, 0.29) is 17.9 Å². The van der Waals surface area contributed by atoms with Crippen molar-refractivity contribution in [1.29, 1.82) is 0 Å². The molecule has 0 saturated carbocycles. The molecule has 3 rings (SSSR count). The lowest BCUT2D eigenvalue weighted by atomic mass is 9.90. The molecule has 3 heterocycles. The van der Waals surface area contributed by atoms with Gasteiger partial charge in [-0.1, -0.05) is 0 Å². The highest BCUT2D eigenvalue weighted by Crippen LogP contribution is 2.35. The quantitative estimate of drug-likeness (QED) is 0.881. The molecule has 2 aromatic rings. The number of amides is 1. The normalized spacial score (nSPS) is 20.8. The van der Waals surface area contributed by atoms with Crippen molar-refractivity contribution in [1.82, 2.24) is 10.3 Å². The first-order valence-electron chi connectivity index (χ1n) is 8.69. The molecule has 0 radical (unpaired) electrons. The number of aryl methyl sites for hydroxylation is 1. The van der Waals surface area contributed by atoms with Crippen molar-refractivity contribution in [3.8, 4) is 0 Å². The highest BCUT2D eigenvalue weighted by Gasteiger charge is 2.30. The highest BCUT2D eigenvalue weighted by atomic mass is 32.1. The zero-order valence-corrected chi connectivity index (χ0v) is 15.7. The van der Waals surface area contributed by atoms with E-state index in [4.69, 9.17) is 0 Å². The minimum absolute atomic E-state index is 0.0737. The second kappa shape index (κ2) is 7.54. The zero-order valence-electron chi connectivity index (χ0n) is 14.9. The van der Waals surface area contributed by atoms with E-state index in [1.165, 1.54) is 10.4 Å². The van der Waals surface area contributed by atoms with E-state index in [1.807, 2.05) is 19.9 Å². The number of carbonyl (C=O) groups excluding carboxylic acids is 1. The fourth-order valence-corrected chi connectivity index (χ4v) is 4.44. The summed E-state index contributed by atoms with van der Waals surface area (Å²) in [7, 11) is 0. The first-order chi connectivity index (χ1) is 12.0. The van der Waals surface area contributed by atoms with Gasteiger partial charge in [0.15, 0.2) is 0 Å². The molecule has 1 amide bonds. The van der Waals surface area contributed by atoms with Crippen molar-refractivity contribution in [2.24, 2.45) is 0 Å². The Morgan fingerprint density at radius 2 is 2.24 bits per heavy atom. The molecule has 1 fully saturated rings. The van der Waals surface area contributed by atoms with Gasteiger partial charge in [0.25, 0.3) is 5.91 Å². The van der Waals surface area contributed by atoms with E-state index in [9.17, 15) is 9.90 Å². The van der Waals surface area contributed by atoms with Crippen molar-refractivity contribution < 1.29 is 9.90 Å². The SMILES string of the molecule is Cc1ccsc1[C@@H]1CCN(c2ccnc(C(=O)NC(C)C)c2)C[C@H]1O. The number of aliphatic hydroxyl groups is 1. The number of thiophene rings is 1. The summed E-state index contributed by atoms with van der Waals surface area (Å²) in [5.41, 5.74) is 2.61. The Labute approximate surface area is 152 Å². The fourth-order valence-electron chi connectivity index (χ4n) is 3.31. The smallest absolute Gasteiger partial charge is 0.270 e. The molecule has 1 aliphatic rings. The summed E-state index contributed by atoms with van der Waals surface area (Å²) in [6.07, 6.45) is 2.15. The second-order valence-electron chi connectivity index (χ2n) is 6.90. The molecule has 5 nitrogen and oxygen atoms in total. The Bertz CT molecular complexity index is 744. The molecule has 0 unspecified atom stereocenters. The summed E-state index contributed by atoms with van der Waals surface area (Å²) in [4.78, 5) is 19.8. The maximum Gasteiger partial charge on any atom is 0.270 e. The van der Waals surface area contributed by atoms with Crippen LogP contribution in [0.25, 0.3) is 0 Å². The lowest BCUT2D eigenvalue weighted by Gasteiger charge is -2.37. The third kappa shape index (κ3) is 4.02. The number of aromatic nitrogens is 1. The number of carbonyl (C=O) groups is 1. The van der Waals surface area contributed by atoms with Crippen molar-refractivity contribution in [2.75, 3.05) is 18.0 Å². The molecule has 2 N–H and O–H groups in total. The van der Waals surface area contributed by atoms with Crippen molar-refractivity contribution in [2.45, 2.75) is 45.3 Å². The van der Waals surface area contributed by atoms with Crippen molar-refractivity contribution in [3.63, 3.8) is 0 Å². The summed E-state index contributed by atoms with van der Waals surface area (Å²) in [5.74, 6) is 0.0308. The van der Waals surface area contributed by atoms with Crippen molar-refractivity contribution >= 4 is 22.9 Å². The van der Waals surface area contributed by atoms with E-state index >= 15 is 0 Å². The van der Waals surface area contributed by atoms with Gasteiger partial charge in [-0.3, -0.25) is 9.78 Å². The fraction of sp³-hybridized carbons (Fsp3) is 0.474. The van der Waals surface area contributed by atoms with Crippen LogP contribution in [0.5, 0.6) is 0 Å². The van der Waals surface area contributed by atoms with Crippen LogP contribution in [0.1, 0.15) is 47.1 Å². The maximum atomic E-state index is 12.2. The summed E-state index contributed by atoms with van der Waals surface area (Å²) >= 11 is 1.73. The largest absolute Gasteiger partial charge is 0.391 e. The molecular weight excluding hydrogens is 334 g/mol. The van der Waals surface area contributed by atoms with Crippen LogP contribution in [0.4, 0.5) is 5.69 Å². The van der Waals surface area contributed by atoms with Gasteiger partial charge in [0.2, 0.25) is 0 Å². The molecule has 134 valence electrons. The summed E-state index contributed by atoms with van der Waals surface area (Å²) in [6.45, 7) is 7.38. The Kier molecular flexibility index (Phi) is 5.39. The number of rotatable bonds is 4. The van der Waals surface area contributed by atoms with Crippen LogP contribution in [0.15, 0.2) is 29.8 Å². The summed E-state index contributed by atoms with van der Waals surface area (Å²) < 4.78 is 0. The van der Waals surface area contributed by atoms with E-state index < -0.39 is 6.10 Å². The van der Waals surface area contributed by atoms with Crippen LogP contribution < -0.4 is 10.2 Å².